The molecule has 0 spiro atoms. The molecule has 0 amide bonds. The van der Waals surface area contributed by atoms with Crippen molar-refractivity contribution in [1.29, 1.82) is 0 Å². The van der Waals surface area contributed by atoms with Crippen LogP contribution in [0.5, 0.6) is 0 Å². The minimum atomic E-state index is -0.570. The lowest BCUT2D eigenvalue weighted by Gasteiger charge is -2.70. The molecule has 2 heteroatoms. The molecular weight excluding hydrogens is 392 g/mol. The molecule has 186 valence electrons. The summed E-state index contributed by atoms with van der Waals surface area (Å²) in [5.74, 6) is 2.88. The summed E-state index contributed by atoms with van der Waals surface area (Å²) in [6.07, 6.45) is 12.8. The van der Waals surface area contributed by atoms with Crippen LogP contribution >= 0.6 is 0 Å². The predicted molar refractivity (Wildman–Crippen MR) is 134 cm³/mol. The van der Waals surface area contributed by atoms with E-state index in [1.165, 1.54) is 44.9 Å². The lowest BCUT2D eigenvalue weighted by atomic mass is 9.35. The number of aliphatic hydroxyl groups excluding tert-OH is 1. The van der Waals surface area contributed by atoms with Crippen LogP contribution in [0.25, 0.3) is 0 Å². The first-order chi connectivity index (χ1) is 14.7. The van der Waals surface area contributed by atoms with E-state index in [1.807, 2.05) is 0 Å². The maximum atomic E-state index is 11.9. The second kappa shape index (κ2) is 7.97. The number of fused-ring (bicyclic) bond motifs is 5. The topological polar surface area (TPSA) is 40.5 Å². The third kappa shape index (κ3) is 3.47. The normalized spacial score (nSPS) is 49.8. The molecule has 0 heterocycles. The van der Waals surface area contributed by atoms with E-state index < -0.39 is 5.60 Å². The van der Waals surface area contributed by atoms with Gasteiger partial charge in [0.1, 0.15) is 0 Å². The number of rotatable bonds is 5. The highest BCUT2D eigenvalue weighted by Crippen LogP contribution is 2.75. The van der Waals surface area contributed by atoms with E-state index in [1.54, 1.807) is 0 Å². The Morgan fingerprint density at radius 2 is 1.62 bits per heavy atom. The van der Waals surface area contributed by atoms with E-state index in [2.05, 4.69) is 55.4 Å². The van der Waals surface area contributed by atoms with Gasteiger partial charge >= 0.3 is 0 Å². The van der Waals surface area contributed by atoms with Crippen LogP contribution in [0, 0.1) is 51.2 Å². The maximum absolute atomic E-state index is 11.9. The summed E-state index contributed by atoms with van der Waals surface area (Å²) in [7, 11) is 0. The van der Waals surface area contributed by atoms with Crippen molar-refractivity contribution in [3.05, 3.63) is 0 Å². The summed E-state index contributed by atoms with van der Waals surface area (Å²) in [6.45, 7) is 19.3. The van der Waals surface area contributed by atoms with Crippen molar-refractivity contribution in [3.63, 3.8) is 0 Å². The van der Waals surface area contributed by atoms with Gasteiger partial charge in [-0.2, -0.15) is 0 Å². The molecule has 0 unspecified atom stereocenters. The molecule has 2 N–H and O–H groups in total. The Morgan fingerprint density at radius 1 is 0.938 bits per heavy atom. The van der Waals surface area contributed by atoms with Crippen LogP contribution in [0.2, 0.25) is 0 Å². The molecule has 9 atom stereocenters. The molecule has 4 aliphatic rings. The zero-order chi connectivity index (χ0) is 23.7. The van der Waals surface area contributed by atoms with Crippen molar-refractivity contribution < 1.29 is 10.2 Å². The molecule has 4 aliphatic carbocycles. The lowest BCUT2D eigenvalue weighted by molar-refractivity contribution is -0.253. The molecule has 0 aromatic heterocycles. The average molecular weight is 447 g/mol. The quantitative estimate of drug-likeness (QED) is 0.456. The Kier molecular flexibility index (Phi) is 6.24. The van der Waals surface area contributed by atoms with Gasteiger partial charge in [-0.05, 0) is 104 Å². The van der Waals surface area contributed by atoms with Crippen molar-refractivity contribution in [2.24, 2.45) is 51.2 Å². The van der Waals surface area contributed by atoms with E-state index in [0.717, 1.165) is 25.7 Å². The molecule has 0 saturated heterocycles. The minimum absolute atomic E-state index is 0.0304. The molecule has 4 fully saturated rings. The molecule has 0 aromatic carbocycles. The molecular formula is C30H54O2. The highest BCUT2D eigenvalue weighted by atomic mass is 16.3. The Balaban J connectivity index is 1.63. The third-order valence-corrected chi connectivity index (χ3v) is 12.5. The summed E-state index contributed by atoms with van der Waals surface area (Å²) in [4.78, 5) is 0. The molecule has 32 heavy (non-hydrogen) atoms. The van der Waals surface area contributed by atoms with E-state index >= 15 is 0 Å². The largest absolute Gasteiger partial charge is 0.393 e. The van der Waals surface area contributed by atoms with Gasteiger partial charge in [0.15, 0.2) is 0 Å². The molecule has 0 aliphatic heterocycles. The fraction of sp³-hybridized carbons (Fsp3) is 1.00. The van der Waals surface area contributed by atoms with E-state index in [-0.39, 0.29) is 16.9 Å². The predicted octanol–water partition coefficient (Wildman–Crippen LogP) is 7.61. The van der Waals surface area contributed by atoms with Gasteiger partial charge in [0.05, 0.1) is 11.7 Å². The van der Waals surface area contributed by atoms with Crippen LogP contribution in [0.15, 0.2) is 0 Å². The number of hydrogen-bond acceptors (Lipinski definition) is 2. The van der Waals surface area contributed by atoms with E-state index in [4.69, 9.17) is 0 Å². The summed E-state index contributed by atoms with van der Waals surface area (Å²) in [6, 6.07) is 0. The highest BCUT2D eigenvalue weighted by molar-refractivity contribution is 5.19. The van der Waals surface area contributed by atoms with Crippen molar-refractivity contribution in [3.8, 4) is 0 Å². The van der Waals surface area contributed by atoms with E-state index in [9.17, 15) is 10.2 Å². The van der Waals surface area contributed by atoms with Gasteiger partial charge in [0.25, 0.3) is 0 Å². The SMILES string of the molecule is CC(C)CCC[C@](C)(O)[C@H]1CC[C@]2(C)[C@@H]1CC[C@@H]1[C@@]3(C)CCCC(C)(C)[C@@H]3C[C@H](O)[C@]12C. The van der Waals surface area contributed by atoms with Crippen LogP contribution in [0.1, 0.15) is 126 Å². The van der Waals surface area contributed by atoms with Crippen LogP contribution in [-0.4, -0.2) is 21.9 Å². The van der Waals surface area contributed by atoms with Gasteiger partial charge < -0.3 is 10.2 Å². The molecule has 2 nitrogen and oxygen atoms in total. The Morgan fingerprint density at radius 3 is 2.28 bits per heavy atom. The van der Waals surface area contributed by atoms with E-state index in [0.29, 0.717) is 40.4 Å². The molecule has 0 radical (unpaired) electrons. The minimum Gasteiger partial charge on any atom is -0.393 e. The van der Waals surface area contributed by atoms with Gasteiger partial charge in [-0.1, -0.05) is 67.7 Å². The van der Waals surface area contributed by atoms with Gasteiger partial charge in [0.2, 0.25) is 0 Å². The monoisotopic (exact) mass is 446 g/mol. The highest BCUT2D eigenvalue weighted by Gasteiger charge is 2.71. The second-order valence-electron chi connectivity index (χ2n) is 14.9. The Labute approximate surface area is 199 Å². The smallest absolute Gasteiger partial charge is 0.0650 e. The van der Waals surface area contributed by atoms with Crippen molar-refractivity contribution in [2.75, 3.05) is 0 Å². The van der Waals surface area contributed by atoms with Crippen LogP contribution < -0.4 is 0 Å². The standard InChI is InChI=1S/C30H54O2/c1-20(2)11-9-17-29(7,32)22-14-18-28(6)21(22)12-13-23-27(5)16-10-15-26(3,4)24(27)19-25(31)30(23,28)8/h20-25,31-32H,9-19H2,1-8H3/t21-,22+,23-,24+,25+,27-,28-,29+,30+/m1/s1. The first kappa shape index (κ1) is 25.0. The van der Waals surface area contributed by atoms with Crippen molar-refractivity contribution in [2.45, 2.75) is 138 Å². The van der Waals surface area contributed by atoms with Crippen LogP contribution in [-0.2, 0) is 0 Å². The Bertz CT molecular complexity index is 695. The zero-order valence-corrected chi connectivity index (χ0v) is 22.6. The molecule has 4 saturated carbocycles. The molecule has 0 bridgehead atoms. The fourth-order valence-electron chi connectivity index (χ4n) is 10.6. The van der Waals surface area contributed by atoms with Gasteiger partial charge in [-0.25, -0.2) is 0 Å². The van der Waals surface area contributed by atoms with Gasteiger partial charge in [-0.3, -0.25) is 0 Å². The molecule has 4 rings (SSSR count). The number of aliphatic hydroxyl groups is 2. The fourth-order valence-corrected chi connectivity index (χ4v) is 10.6. The Hall–Kier alpha value is -0.0800. The summed E-state index contributed by atoms with van der Waals surface area (Å²) >= 11 is 0. The third-order valence-electron chi connectivity index (χ3n) is 12.5. The summed E-state index contributed by atoms with van der Waals surface area (Å²) in [5.41, 5.74) is 0.224. The second-order valence-corrected chi connectivity index (χ2v) is 14.9. The zero-order valence-electron chi connectivity index (χ0n) is 22.6. The first-order valence-corrected chi connectivity index (χ1v) is 14.1. The molecule has 0 aromatic rings. The summed E-state index contributed by atoms with van der Waals surface area (Å²) in [5, 5.41) is 23.6. The van der Waals surface area contributed by atoms with Crippen LogP contribution in [0.3, 0.4) is 0 Å². The van der Waals surface area contributed by atoms with Crippen molar-refractivity contribution >= 4 is 0 Å². The number of hydrogen-bond donors (Lipinski definition) is 2. The summed E-state index contributed by atoms with van der Waals surface area (Å²) < 4.78 is 0. The average Bonchev–Trinajstić information content (AvgIpc) is 3.03. The van der Waals surface area contributed by atoms with Crippen molar-refractivity contribution in [1.82, 2.24) is 0 Å². The van der Waals surface area contributed by atoms with Gasteiger partial charge in [0, 0.05) is 5.41 Å². The van der Waals surface area contributed by atoms with Crippen LogP contribution in [0.4, 0.5) is 0 Å². The lowest BCUT2D eigenvalue weighted by Crippen LogP contribution is -2.67. The van der Waals surface area contributed by atoms with Gasteiger partial charge in [-0.15, -0.1) is 0 Å². The first-order valence-electron chi connectivity index (χ1n) is 14.1. The maximum Gasteiger partial charge on any atom is 0.0650 e.